The number of rotatable bonds is 13. The lowest BCUT2D eigenvalue weighted by molar-refractivity contribution is -0.192. The zero-order valence-electron chi connectivity index (χ0n) is 27.6. The van der Waals surface area contributed by atoms with Crippen LogP contribution in [0.4, 0.5) is 13.2 Å². The molecule has 0 spiro atoms. The van der Waals surface area contributed by atoms with E-state index < -0.39 is 30.1 Å². The van der Waals surface area contributed by atoms with Gasteiger partial charge >= 0.3 is 18.1 Å². The van der Waals surface area contributed by atoms with Gasteiger partial charge in [0.1, 0.15) is 0 Å². The third kappa shape index (κ3) is 12.1. The highest BCUT2D eigenvalue weighted by atomic mass is 19.4. The normalized spacial score (nSPS) is 11.2. The summed E-state index contributed by atoms with van der Waals surface area (Å²) < 4.78 is 36.9. The van der Waals surface area contributed by atoms with Crippen LogP contribution in [0.25, 0.3) is 11.1 Å². The second kappa shape index (κ2) is 19.2. The number of carbonyl (C=O) groups excluding carboxylic acids is 4. The molecule has 0 bridgehead atoms. The highest BCUT2D eigenvalue weighted by Gasteiger charge is 2.38. The number of alkyl halides is 3. The molecule has 268 valence electrons. The summed E-state index contributed by atoms with van der Waals surface area (Å²) in [6, 6.07) is 31.7. The number of benzene rings is 4. The summed E-state index contributed by atoms with van der Waals surface area (Å²) in [5.74, 6) is -4.39. The zero-order chi connectivity index (χ0) is 37.4. The van der Waals surface area contributed by atoms with Crippen molar-refractivity contribution in [1.82, 2.24) is 15.5 Å². The molecule has 0 saturated heterocycles. The van der Waals surface area contributed by atoms with E-state index in [9.17, 15) is 32.3 Å². The number of nitrogens with two attached hydrogens (primary N) is 1. The van der Waals surface area contributed by atoms with Gasteiger partial charge in [-0.2, -0.15) is 13.2 Å². The molecule has 1 atom stereocenters. The average molecular weight is 707 g/mol. The smallest absolute Gasteiger partial charge is 0.475 e. The first-order chi connectivity index (χ1) is 24.3. The van der Waals surface area contributed by atoms with Gasteiger partial charge in [0.2, 0.25) is 11.8 Å². The summed E-state index contributed by atoms with van der Waals surface area (Å²) in [6.07, 6.45) is -4.96. The number of amides is 3. The maximum atomic E-state index is 13.8. The maximum Gasteiger partial charge on any atom is 0.490 e. The van der Waals surface area contributed by atoms with Crippen LogP contribution in [0.2, 0.25) is 0 Å². The Hall–Kier alpha value is -6.02. The molecule has 0 radical (unpaired) electrons. The minimum absolute atomic E-state index is 0.0391. The van der Waals surface area contributed by atoms with Crippen molar-refractivity contribution in [2.45, 2.75) is 25.2 Å². The van der Waals surface area contributed by atoms with Crippen molar-refractivity contribution in [2.75, 3.05) is 26.7 Å². The molecule has 4 rings (SSSR count). The fraction of sp³-hybridized carbons (Fsp3) is 0.216. The Morgan fingerprint density at radius 1 is 0.824 bits per heavy atom. The van der Waals surface area contributed by atoms with E-state index in [2.05, 4.69) is 10.6 Å². The number of ether oxygens (including phenoxy) is 1. The van der Waals surface area contributed by atoms with Crippen LogP contribution >= 0.6 is 0 Å². The van der Waals surface area contributed by atoms with Crippen LogP contribution in [0.15, 0.2) is 109 Å². The van der Waals surface area contributed by atoms with Crippen molar-refractivity contribution in [3.63, 3.8) is 0 Å². The van der Waals surface area contributed by atoms with Crippen LogP contribution in [-0.4, -0.2) is 72.6 Å². The number of carboxylic acid groups (broad SMARTS) is 1. The summed E-state index contributed by atoms with van der Waals surface area (Å²) in [7, 11) is 1.27. The van der Waals surface area contributed by atoms with Crippen LogP contribution in [0.1, 0.15) is 33.1 Å². The summed E-state index contributed by atoms with van der Waals surface area (Å²) in [5, 5.41) is 12.6. The molecular formula is C37H37F3N4O7. The average Bonchev–Trinajstić information content (AvgIpc) is 3.13. The SMILES string of the molecule is COC(=O)C(c1ccccc1)N(Cc1cccc(-c2ccccc2C(=O)NCCN)c1)C(=O)CNC(=O)Cc1ccccc1.O=C(O)C(F)(F)F. The largest absolute Gasteiger partial charge is 0.490 e. The lowest BCUT2D eigenvalue weighted by Crippen LogP contribution is -2.44. The van der Waals surface area contributed by atoms with E-state index in [1.807, 2.05) is 72.8 Å². The lowest BCUT2D eigenvalue weighted by atomic mass is 9.97. The number of methoxy groups -OCH3 is 1. The molecule has 0 fully saturated rings. The van der Waals surface area contributed by atoms with Gasteiger partial charge in [-0.1, -0.05) is 97.1 Å². The summed E-state index contributed by atoms with van der Waals surface area (Å²) in [4.78, 5) is 62.8. The van der Waals surface area contributed by atoms with E-state index in [1.165, 1.54) is 12.0 Å². The van der Waals surface area contributed by atoms with Gasteiger partial charge in [-0.25, -0.2) is 9.59 Å². The van der Waals surface area contributed by atoms with Crippen molar-refractivity contribution in [2.24, 2.45) is 5.73 Å². The second-order valence-electron chi connectivity index (χ2n) is 10.9. The molecule has 4 aromatic rings. The van der Waals surface area contributed by atoms with Gasteiger partial charge in [-0.05, 0) is 39.9 Å². The Balaban J connectivity index is 0.000000908. The monoisotopic (exact) mass is 706 g/mol. The van der Waals surface area contributed by atoms with Gasteiger partial charge in [-0.15, -0.1) is 0 Å². The highest BCUT2D eigenvalue weighted by molar-refractivity contribution is 6.01. The maximum absolute atomic E-state index is 13.8. The fourth-order valence-corrected chi connectivity index (χ4v) is 4.88. The Morgan fingerprint density at radius 2 is 1.41 bits per heavy atom. The number of nitrogens with one attached hydrogen (secondary N) is 2. The van der Waals surface area contributed by atoms with E-state index in [4.69, 9.17) is 20.4 Å². The van der Waals surface area contributed by atoms with E-state index >= 15 is 0 Å². The topological polar surface area (TPSA) is 168 Å². The molecule has 3 amide bonds. The molecule has 1 unspecified atom stereocenters. The third-order valence-electron chi connectivity index (χ3n) is 7.25. The van der Waals surface area contributed by atoms with Crippen LogP contribution in [0.5, 0.6) is 0 Å². The van der Waals surface area contributed by atoms with Gasteiger partial charge in [0, 0.05) is 25.2 Å². The summed E-state index contributed by atoms with van der Waals surface area (Å²) >= 11 is 0. The molecule has 0 aliphatic carbocycles. The third-order valence-corrected chi connectivity index (χ3v) is 7.25. The minimum atomic E-state index is -5.08. The number of hydrogen-bond acceptors (Lipinski definition) is 7. The molecule has 0 saturated carbocycles. The van der Waals surface area contributed by atoms with Crippen molar-refractivity contribution >= 4 is 29.7 Å². The van der Waals surface area contributed by atoms with Crippen LogP contribution in [0.3, 0.4) is 0 Å². The molecule has 0 aliphatic heterocycles. The Morgan fingerprint density at radius 3 is 2.02 bits per heavy atom. The minimum Gasteiger partial charge on any atom is -0.475 e. The number of carbonyl (C=O) groups is 5. The molecule has 0 heterocycles. The van der Waals surface area contributed by atoms with E-state index in [1.54, 1.807) is 36.4 Å². The van der Waals surface area contributed by atoms with E-state index in [0.717, 1.165) is 11.1 Å². The standard InChI is InChI=1S/C35H36N4O5.C2HF3O2/c1-44-35(43)33(27-14-6-3-7-15-27)39(32(41)23-38-31(40)22-25-11-4-2-5-12-25)24-26-13-10-16-28(21-26)29-17-8-9-18-30(29)34(42)37-20-19-36;3-2(4,5)1(6)7/h2-18,21,33H,19-20,22-24,36H2,1H3,(H,37,42)(H,38,40);(H,6,7). The number of nitrogens with zero attached hydrogens (tertiary/aromatic N) is 1. The zero-order valence-corrected chi connectivity index (χ0v) is 27.6. The van der Waals surface area contributed by atoms with Crippen LogP contribution in [-0.2, 0) is 36.9 Å². The molecule has 4 aromatic carbocycles. The Kier molecular flexibility index (Phi) is 14.9. The van der Waals surface area contributed by atoms with Gasteiger partial charge in [0.15, 0.2) is 6.04 Å². The number of halogens is 3. The second-order valence-corrected chi connectivity index (χ2v) is 10.9. The molecule has 0 aromatic heterocycles. The molecule has 0 aliphatic rings. The fourth-order valence-electron chi connectivity index (χ4n) is 4.88. The van der Waals surface area contributed by atoms with Crippen molar-refractivity contribution in [1.29, 1.82) is 0 Å². The number of hydrogen-bond donors (Lipinski definition) is 4. The van der Waals surface area contributed by atoms with Gasteiger partial charge in [-0.3, -0.25) is 14.4 Å². The summed E-state index contributed by atoms with van der Waals surface area (Å²) in [6.45, 7) is 0.399. The molecule has 5 N–H and O–H groups in total. The van der Waals surface area contributed by atoms with Gasteiger partial charge in [0.25, 0.3) is 5.91 Å². The quantitative estimate of drug-likeness (QED) is 0.150. The van der Waals surface area contributed by atoms with E-state index in [0.29, 0.717) is 35.3 Å². The molecular weight excluding hydrogens is 669 g/mol. The molecule has 11 nitrogen and oxygen atoms in total. The van der Waals surface area contributed by atoms with Crippen molar-refractivity contribution < 1.29 is 47.0 Å². The first-order valence-corrected chi connectivity index (χ1v) is 15.5. The van der Waals surface area contributed by atoms with Gasteiger partial charge in [0.05, 0.1) is 20.1 Å². The number of esters is 1. The first-order valence-electron chi connectivity index (χ1n) is 15.5. The summed E-state index contributed by atoms with van der Waals surface area (Å²) in [5.41, 5.74) is 9.63. The Labute approximate surface area is 292 Å². The highest BCUT2D eigenvalue weighted by Crippen LogP contribution is 2.28. The van der Waals surface area contributed by atoms with Crippen LogP contribution < -0.4 is 16.4 Å². The number of carboxylic acids is 1. The molecule has 14 heteroatoms. The van der Waals surface area contributed by atoms with Crippen molar-refractivity contribution in [3.8, 4) is 11.1 Å². The predicted molar refractivity (Wildman–Crippen MR) is 182 cm³/mol. The first kappa shape index (κ1) is 39.4. The number of aliphatic carboxylic acids is 1. The van der Waals surface area contributed by atoms with E-state index in [-0.39, 0.29) is 31.3 Å². The Bertz CT molecular complexity index is 1790. The van der Waals surface area contributed by atoms with Crippen LogP contribution in [0, 0.1) is 0 Å². The van der Waals surface area contributed by atoms with Gasteiger partial charge < -0.3 is 31.1 Å². The van der Waals surface area contributed by atoms with Crippen molar-refractivity contribution in [3.05, 3.63) is 131 Å². The predicted octanol–water partition coefficient (Wildman–Crippen LogP) is 4.28. The molecule has 51 heavy (non-hydrogen) atoms. The lowest BCUT2D eigenvalue weighted by Gasteiger charge is -2.31.